The first-order valence-corrected chi connectivity index (χ1v) is 14.3. The van der Waals surface area contributed by atoms with Crippen molar-refractivity contribution in [3.63, 3.8) is 0 Å². The second-order valence-electron chi connectivity index (χ2n) is 11.1. The highest BCUT2D eigenvalue weighted by Crippen LogP contribution is 2.43. The molecule has 0 aromatic heterocycles. The summed E-state index contributed by atoms with van der Waals surface area (Å²) in [6.07, 6.45) is 4.32. The molecule has 6 nitrogen and oxygen atoms in total. The van der Waals surface area contributed by atoms with E-state index in [9.17, 15) is 9.18 Å². The second-order valence-corrected chi connectivity index (χ2v) is 11.5. The van der Waals surface area contributed by atoms with Crippen molar-refractivity contribution in [2.45, 2.75) is 70.7 Å². The number of carbonyl (C=O) groups is 1. The number of carbonyl (C=O) groups excluding carboxylic acids is 1. The van der Waals surface area contributed by atoms with Crippen LogP contribution >= 0.6 is 11.6 Å². The van der Waals surface area contributed by atoms with Crippen molar-refractivity contribution in [1.82, 2.24) is 15.5 Å². The molecule has 5 atom stereocenters. The topological polar surface area (TPSA) is 62.8 Å². The lowest BCUT2D eigenvalue weighted by Gasteiger charge is -2.46. The van der Waals surface area contributed by atoms with Crippen LogP contribution < -0.4 is 15.4 Å². The van der Waals surface area contributed by atoms with E-state index in [0.29, 0.717) is 24.1 Å². The van der Waals surface area contributed by atoms with Crippen molar-refractivity contribution in [2.75, 3.05) is 32.8 Å². The molecule has 3 fully saturated rings. The molecule has 5 rings (SSSR count). The van der Waals surface area contributed by atoms with Gasteiger partial charge in [0.25, 0.3) is 5.91 Å². The molecule has 206 valence electrons. The lowest BCUT2D eigenvalue weighted by molar-refractivity contribution is 0.0000293. The quantitative estimate of drug-likeness (QED) is 0.503. The molecular formula is C30H39ClFN3O3. The zero-order valence-corrected chi connectivity index (χ0v) is 23.3. The smallest absolute Gasteiger partial charge is 0.251 e. The van der Waals surface area contributed by atoms with Crippen LogP contribution in [-0.2, 0) is 4.74 Å². The van der Waals surface area contributed by atoms with E-state index in [0.717, 1.165) is 44.8 Å². The number of hydrogen-bond acceptors (Lipinski definition) is 5. The van der Waals surface area contributed by atoms with Gasteiger partial charge in [-0.2, -0.15) is 0 Å². The minimum atomic E-state index is -0.514. The lowest BCUT2D eigenvalue weighted by atomic mass is 9.75. The molecule has 2 heterocycles. The standard InChI is InChI=1S/C30H39ClFN3O3/c1-18-19(2)29(38-17-24-16-33-11-13-37-24)9-6-25(18)20(3)35-12-10-23(14-21-5-8-28(21)35)34-30(36)22-4-7-27(32)26(31)15-22/h4,6-7,9,15,20-21,23-24,28,33H,5,8,10-14,16-17H2,1-3H3,(H,34,36)/t20?,21?,23?,24-,28?/m1/s1. The number of nitrogens with one attached hydrogen (secondary N) is 2. The van der Waals surface area contributed by atoms with Crippen LogP contribution in [0.1, 0.15) is 65.7 Å². The van der Waals surface area contributed by atoms with E-state index in [1.54, 1.807) is 0 Å². The average molecular weight is 544 g/mol. The zero-order chi connectivity index (χ0) is 26.8. The highest BCUT2D eigenvalue weighted by atomic mass is 35.5. The van der Waals surface area contributed by atoms with Gasteiger partial charge in [-0.05, 0) is 93.3 Å². The first kappa shape index (κ1) is 27.4. The predicted molar refractivity (Wildman–Crippen MR) is 148 cm³/mol. The van der Waals surface area contributed by atoms with Crippen LogP contribution in [0.4, 0.5) is 4.39 Å². The number of hydrogen-bond donors (Lipinski definition) is 2. The Bertz CT molecular complexity index is 1160. The van der Waals surface area contributed by atoms with Crippen molar-refractivity contribution in [3.8, 4) is 5.75 Å². The van der Waals surface area contributed by atoms with Crippen molar-refractivity contribution in [1.29, 1.82) is 0 Å². The van der Waals surface area contributed by atoms with Crippen molar-refractivity contribution in [3.05, 3.63) is 63.4 Å². The first-order chi connectivity index (χ1) is 18.3. The number of benzene rings is 2. The van der Waals surface area contributed by atoms with Crippen LogP contribution in [0.25, 0.3) is 0 Å². The van der Waals surface area contributed by atoms with Gasteiger partial charge in [-0.1, -0.05) is 17.7 Å². The van der Waals surface area contributed by atoms with E-state index in [2.05, 4.69) is 48.4 Å². The van der Waals surface area contributed by atoms with Gasteiger partial charge in [0, 0.05) is 43.3 Å². The number of fused-ring (bicyclic) bond motifs is 1. The number of likely N-dealkylation sites (tertiary alicyclic amines) is 1. The third kappa shape index (κ3) is 5.86. The molecule has 3 aliphatic rings. The summed E-state index contributed by atoms with van der Waals surface area (Å²) in [5.41, 5.74) is 4.19. The fraction of sp³-hybridized carbons (Fsp3) is 0.567. The summed E-state index contributed by atoms with van der Waals surface area (Å²) >= 11 is 5.90. The maximum absolute atomic E-state index is 13.5. The van der Waals surface area contributed by atoms with Gasteiger partial charge in [-0.15, -0.1) is 0 Å². The van der Waals surface area contributed by atoms with Gasteiger partial charge in [0.15, 0.2) is 0 Å². The van der Waals surface area contributed by atoms with E-state index in [4.69, 9.17) is 21.1 Å². The summed E-state index contributed by atoms with van der Waals surface area (Å²) < 4.78 is 25.5. The Morgan fingerprint density at radius 3 is 2.79 bits per heavy atom. The van der Waals surface area contributed by atoms with Crippen LogP contribution in [0, 0.1) is 25.6 Å². The van der Waals surface area contributed by atoms with Gasteiger partial charge in [0.05, 0.1) is 11.6 Å². The molecule has 0 spiro atoms. The zero-order valence-electron chi connectivity index (χ0n) is 22.6. The Labute approximate surface area is 230 Å². The molecule has 1 amide bonds. The van der Waals surface area contributed by atoms with Gasteiger partial charge in [-0.3, -0.25) is 9.69 Å². The molecule has 2 aliphatic heterocycles. The number of halogens is 2. The van der Waals surface area contributed by atoms with Crippen LogP contribution in [0.5, 0.6) is 5.75 Å². The fourth-order valence-electron chi connectivity index (χ4n) is 6.25. The SMILES string of the molecule is Cc1c(OC[C@H]2CNCCO2)ccc(C(C)N2CCC(NC(=O)c3ccc(F)c(Cl)c3)CC3CCC32)c1C. The summed E-state index contributed by atoms with van der Waals surface area (Å²) in [6, 6.07) is 9.36. The molecule has 38 heavy (non-hydrogen) atoms. The Morgan fingerprint density at radius 2 is 2.08 bits per heavy atom. The maximum atomic E-state index is 13.5. The van der Waals surface area contributed by atoms with E-state index in [-0.39, 0.29) is 29.1 Å². The molecule has 2 aromatic carbocycles. The molecule has 4 unspecified atom stereocenters. The van der Waals surface area contributed by atoms with Crippen LogP contribution in [0.2, 0.25) is 5.02 Å². The van der Waals surface area contributed by atoms with Gasteiger partial charge in [-0.25, -0.2) is 4.39 Å². The largest absolute Gasteiger partial charge is 0.491 e. The average Bonchev–Trinajstić information content (AvgIpc) is 3.02. The Hall–Kier alpha value is -2.19. The molecular weight excluding hydrogens is 505 g/mol. The first-order valence-electron chi connectivity index (χ1n) is 13.9. The lowest BCUT2D eigenvalue weighted by Crippen LogP contribution is -2.47. The van der Waals surface area contributed by atoms with E-state index in [1.807, 2.05) is 0 Å². The fourth-order valence-corrected chi connectivity index (χ4v) is 6.43. The highest BCUT2D eigenvalue weighted by Gasteiger charge is 2.41. The summed E-state index contributed by atoms with van der Waals surface area (Å²) in [5.74, 6) is 0.787. The number of morpholine rings is 1. The molecule has 2 saturated heterocycles. The Kier molecular flexibility index (Phi) is 8.58. The van der Waals surface area contributed by atoms with Crippen LogP contribution in [0.3, 0.4) is 0 Å². The highest BCUT2D eigenvalue weighted by molar-refractivity contribution is 6.31. The van der Waals surface area contributed by atoms with Gasteiger partial charge in [0.2, 0.25) is 0 Å². The maximum Gasteiger partial charge on any atom is 0.251 e. The molecule has 8 heteroatoms. The summed E-state index contributed by atoms with van der Waals surface area (Å²) in [6.45, 7) is 10.6. The monoisotopic (exact) mass is 543 g/mol. The number of rotatable bonds is 7. The number of amides is 1. The third-order valence-electron chi connectivity index (χ3n) is 8.80. The number of ether oxygens (including phenoxy) is 2. The van der Waals surface area contributed by atoms with Gasteiger partial charge < -0.3 is 20.1 Å². The second kappa shape index (κ2) is 11.9. The molecule has 2 N–H and O–H groups in total. The predicted octanol–water partition coefficient (Wildman–Crippen LogP) is 5.20. The van der Waals surface area contributed by atoms with Crippen molar-refractivity contribution < 1.29 is 18.7 Å². The van der Waals surface area contributed by atoms with Crippen LogP contribution in [-0.4, -0.2) is 61.8 Å². The van der Waals surface area contributed by atoms with Gasteiger partial charge in [0.1, 0.15) is 24.3 Å². The summed E-state index contributed by atoms with van der Waals surface area (Å²) in [7, 11) is 0. The van der Waals surface area contributed by atoms with E-state index >= 15 is 0 Å². The van der Waals surface area contributed by atoms with Crippen molar-refractivity contribution in [2.24, 2.45) is 5.92 Å². The van der Waals surface area contributed by atoms with E-state index in [1.165, 1.54) is 47.7 Å². The van der Waals surface area contributed by atoms with Gasteiger partial charge >= 0.3 is 0 Å². The Morgan fingerprint density at radius 1 is 1.24 bits per heavy atom. The molecule has 2 aromatic rings. The molecule has 1 saturated carbocycles. The minimum absolute atomic E-state index is 0.0287. The third-order valence-corrected chi connectivity index (χ3v) is 9.09. The minimum Gasteiger partial charge on any atom is -0.491 e. The Balaban J connectivity index is 1.24. The number of nitrogens with zero attached hydrogens (tertiary/aromatic N) is 1. The van der Waals surface area contributed by atoms with E-state index < -0.39 is 5.82 Å². The summed E-state index contributed by atoms with van der Waals surface area (Å²) in [4.78, 5) is 15.5. The van der Waals surface area contributed by atoms with Crippen LogP contribution in [0.15, 0.2) is 30.3 Å². The summed E-state index contributed by atoms with van der Waals surface area (Å²) in [5, 5.41) is 6.52. The normalized spacial score (nSPS) is 26.6. The molecule has 0 radical (unpaired) electrons. The molecule has 0 bridgehead atoms. The van der Waals surface area contributed by atoms with Crippen molar-refractivity contribution >= 4 is 17.5 Å². The molecule has 1 aliphatic carbocycles.